The molecule has 1 radical (unpaired) electrons. The van der Waals surface area contributed by atoms with E-state index < -0.39 is 13.0 Å². The van der Waals surface area contributed by atoms with Crippen LogP contribution in [0.2, 0.25) is 0 Å². The average molecular weight is 327 g/mol. The zero-order chi connectivity index (χ0) is 4.50. The van der Waals surface area contributed by atoms with E-state index >= 15 is 0 Å². The van der Waals surface area contributed by atoms with E-state index in [1.54, 1.807) is 0 Å². The van der Waals surface area contributed by atoms with Crippen LogP contribution in [-0.4, -0.2) is 129 Å². The third-order valence-electron chi connectivity index (χ3n) is 0. The van der Waals surface area contributed by atoms with Gasteiger partial charge in [0.15, 0.2) is 0 Å². The van der Waals surface area contributed by atoms with Crippen LogP contribution in [0, 0.1) is 0 Å². The summed E-state index contributed by atoms with van der Waals surface area (Å²) in [5, 5.41) is 0. The Labute approximate surface area is 166 Å². The molecule has 75 valence electrons. The zero-order valence-electron chi connectivity index (χ0n) is 4.43. The van der Waals surface area contributed by atoms with Gasteiger partial charge in [-0.25, -0.2) is 0 Å². The van der Waals surface area contributed by atoms with Crippen molar-refractivity contribution in [2.24, 2.45) is 0 Å². The Kier molecular flexibility index (Phi) is 141. The quantitative estimate of drug-likeness (QED) is 0.433. The molecule has 8 nitrogen and oxygen atoms in total. The first-order chi connectivity index (χ1) is 2.00. The van der Waals surface area contributed by atoms with Crippen molar-refractivity contribution in [2.75, 3.05) is 0 Å². The molecule has 0 atom stereocenters. The molecule has 0 fully saturated rings. The molecule has 0 aromatic rings. The predicted octanol–water partition coefficient (Wildman–Crippen LogP) is -5.51. The van der Waals surface area contributed by atoms with Gasteiger partial charge < -0.3 is 21.9 Å². The Hall–Kier alpha value is 3.51. The molecule has 0 aliphatic carbocycles. The standard InChI is InChI=1S/2K.2Mn.5H2O.3O.2H/h;;;;5*1H2;;;;;/q;;;+1;;;;;;;;;;/p-1. The van der Waals surface area contributed by atoms with Crippen LogP contribution in [0.25, 0.3) is 0 Å². The van der Waals surface area contributed by atoms with Crippen LogP contribution in [0.3, 0.4) is 0 Å². The summed E-state index contributed by atoms with van der Waals surface area (Å²) in [5.74, 6) is 0. The van der Waals surface area contributed by atoms with Gasteiger partial charge in [-0.3, -0.25) is 0 Å². The SMILES string of the molecule is O.O.O.O.[KH].[KH].[Mn].[O]=[Mn](=[O])(=[O])[OH]. The van der Waals surface area contributed by atoms with Crippen LogP contribution < -0.4 is 0 Å². The first-order valence-electron chi connectivity index (χ1n) is 0.632. The molecular weight excluding hydrogens is 316 g/mol. The van der Waals surface area contributed by atoms with Gasteiger partial charge in [-0.15, -0.1) is 0 Å². The normalized spacial score (nSPS) is 4.75. The molecule has 0 saturated heterocycles. The van der Waals surface area contributed by atoms with Gasteiger partial charge in [-0.2, -0.15) is 0 Å². The maximum absolute atomic E-state index is 8.69. The second kappa shape index (κ2) is 29.3. The molecule has 0 aromatic heterocycles. The van der Waals surface area contributed by atoms with Crippen molar-refractivity contribution < 1.29 is 67.6 Å². The summed E-state index contributed by atoms with van der Waals surface area (Å²) in [7, 11) is 0. The fourth-order valence-electron chi connectivity index (χ4n) is 0. The molecule has 0 unspecified atom stereocenters. The van der Waals surface area contributed by atoms with Crippen LogP contribution >= 0.6 is 0 Å². The molecule has 0 aliphatic rings. The van der Waals surface area contributed by atoms with Gasteiger partial charge in [0.1, 0.15) is 0 Å². The fraction of sp³-hybridized carbons (Fsp3) is 0. The molecule has 0 aliphatic heterocycles. The summed E-state index contributed by atoms with van der Waals surface area (Å²) in [6.45, 7) is 0. The summed E-state index contributed by atoms with van der Waals surface area (Å²) in [6, 6.07) is 0. The van der Waals surface area contributed by atoms with E-state index in [1.807, 2.05) is 0 Å². The summed E-state index contributed by atoms with van der Waals surface area (Å²) >= 11 is -5.38. The van der Waals surface area contributed by atoms with Gasteiger partial charge in [-0.1, -0.05) is 0 Å². The van der Waals surface area contributed by atoms with Gasteiger partial charge >= 0.3 is 131 Å². The average Bonchev–Trinajstić information content (AvgIpc) is 0.722. The van der Waals surface area contributed by atoms with Crippen LogP contribution in [0.4, 0.5) is 0 Å². The van der Waals surface area contributed by atoms with Gasteiger partial charge in [-0.05, 0) is 0 Å². The molecule has 0 rings (SSSR count). The molecule has 9 N–H and O–H groups in total. The summed E-state index contributed by atoms with van der Waals surface area (Å²) in [4.78, 5) is 0. The molecule has 0 spiro atoms. The minimum absolute atomic E-state index is 0. The number of hydrogen-bond donors (Lipinski definition) is 1. The minimum atomic E-state index is -5.38. The Bertz CT molecular complexity index is 136. The van der Waals surface area contributed by atoms with Crippen molar-refractivity contribution >= 4 is 103 Å². The molecule has 12 heavy (non-hydrogen) atoms. The fourth-order valence-corrected chi connectivity index (χ4v) is 0. The Morgan fingerprint density at radius 2 is 0.750 bits per heavy atom. The Morgan fingerprint density at radius 3 is 0.750 bits per heavy atom. The van der Waals surface area contributed by atoms with E-state index in [1.165, 1.54) is 0 Å². The summed E-state index contributed by atoms with van der Waals surface area (Å²) in [5.41, 5.74) is 0. The van der Waals surface area contributed by atoms with Crippen molar-refractivity contribution in [1.29, 1.82) is 0 Å². The van der Waals surface area contributed by atoms with Crippen LogP contribution in [-0.2, 0) is 41.5 Å². The predicted molar refractivity (Wildman–Crippen MR) is 33.0 cm³/mol. The second-order valence-electron chi connectivity index (χ2n) is 0.396. The molecular formula is H11K2Mn2O8. The van der Waals surface area contributed by atoms with Gasteiger partial charge in [0, 0.05) is 17.1 Å². The maximum atomic E-state index is 8.69. The van der Waals surface area contributed by atoms with Crippen molar-refractivity contribution in [2.45, 2.75) is 0 Å². The van der Waals surface area contributed by atoms with Crippen molar-refractivity contribution in [3.8, 4) is 0 Å². The summed E-state index contributed by atoms with van der Waals surface area (Å²) < 4.78 is 33.1. The number of hydrogen-bond acceptors (Lipinski definition) is 3. The van der Waals surface area contributed by atoms with Crippen molar-refractivity contribution in [3.63, 3.8) is 0 Å². The van der Waals surface area contributed by atoms with E-state index in [4.69, 9.17) is 15.7 Å². The van der Waals surface area contributed by atoms with Crippen molar-refractivity contribution in [3.05, 3.63) is 0 Å². The molecule has 0 aromatic carbocycles. The Morgan fingerprint density at radius 1 is 0.750 bits per heavy atom. The first-order valence-corrected chi connectivity index (χ1v) is 2.61. The monoisotopic (exact) mass is 327 g/mol. The van der Waals surface area contributed by atoms with E-state index in [2.05, 4.69) is 0 Å². The van der Waals surface area contributed by atoms with E-state index in [9.17, 15) is 0 Å². The van der Waals surface area contributed by atoms with E-state index in [-0.39, 0.29) is 142 Å². The third kappa shape index (κ3) is 172. The second-order valence-corrected chi connectivity index (χ2v) is 1.63. The first kappa shape index (κ1) is 57.9. The molecule has 0 amide bonds. The molecule has 0 bridgehead atoms. The third-order valence-corrected chi connectivity index (χ3v) is 0. The van der Waals surface area contributed by atoms with Crippen LogP contribution in [0.1, 0.15) is 0 Å². The van der Waals surface area contributed by atoms with Gasteiger partial charge in [0.2, 0.25) is 0 Å². The van der Waals surface area contributed by atoms with Crippen LogP contribution in [0.5, 0.6) is 0 Å². The molecule has 0 saturated carbocycles. The van der Waals surface area contributed by atoms with Crippen LogP contribution in [0.15, 0.2) is 0 Å². The van der Waals surface area contributed by atoms with Gasteiger partial charge in [0.25, 0.3) is 0 Å². The Balaban J connectivity index is -0.00000000381. The molecule has 0 heterocycles. The molecule has 12 heteroatoms. The zero-order valence-corrected chi connectivity index (χ0v) is 6.79. The summed E-state index contributed by atoms with van der Waals surface area (Å²) in [6.07, 6.45) is 0. The van der Waals surface area contributed by atoms with E-state index in [0.29, 0.717) is 0 Å². The van der Waals surface area contributed by atoms with Crippen molar-refractivity contribution in [1.82, 2.24) is 0 Å². The topological polar surface area (TPSA) is 197 Å². The van der Waals surface area contributed by atoms with E-state index in [0.717, 1.165) is 0 Å². The number of rotatable bonds is 0. The van der Waals surface area contributed by atoms with Gasteiger partial charge in [0.05, 0.1) is 0 Å².